The summed E-state index contributed by atoms with van der Waals surface area (Å²) in [4.78, 5) is 37.3. The van der Waals surface area contributed by atoms with Crippen molar-refractivity contribution < 1.29 is 24.0 Å². The maximum atomic E-state index is 12.4. The molecule has 1 aliphatic heterocycles. The second-order valence-electron chi connectivity index (χ2n) is 5.49. The van der Waals surface area contributed by atoms with E-state index < -0.39 is 16.8 Å². The summed E-state index contributed by atoms with van der Waals surface area (Å²) < 4.78 is 5.03. The third kappa shape index (κ3) is 3.30. The van der Waals surface area contributed by atoms with Gasteiger partial charge in [-0.15, -0.1) is 0 Å². The number of hydrogen-bond acceptors (Lipinski definition) is 6. The number of piperazine rings is 1. The van der Waals surface area contributed by atoms with Crippen molar-refractivity contribution in [2.45, 2.75) is 0 Å². The molecule has 0 bridgehead atoms. The van der Waals surface area contributed by atoms with Crippen molar-refractivity contribution in [3.63, 3.8) is 0 Å². The van der Waals surface area contributed by atoms with Gasteiger partial charge in [0.1, 0.15) is 5.69 Å². The Balaban J connectivity index is 1.68. The highest BCUT2D eigenvalue weighted by Gasteiger charge is 2.27. The Morgan fingerprint density at radius 3 is 2.28 bits per heavy atom. The van der Waals surface area contributed by atoms with E-state index in [2.05, 4.69) is 0 Å². The number of nitrogens with zero attached hydrogens (tertiary/aromatic N) is 3. The Kier molecular flexibility index (Phi) is 4.38. The molecule has 0 radical (unpaired) electrons. The van der Waals surface area contributed by atoms with E-state index in [9.17, 15) is 19.7 Å². The first-order valence-corrected chi connectivity index (χ1v) is 7.58. The number of benzene rings is 1. The van der Waals surface area contributed by atoms with E-state index in [4.69, 9.17) is 9.52 Å². The molecule has 2 aromatic rings. The molecular weight excluding hydrogens is 330 g/mol. The molecule has 130 valence electrons. The van der Waals surface area contributed by atoms with Crippen LogP contribution in [0.3, 0.4) is 0 Å². The smallest absolute Gasteiger partial charge is 0.371 e. The fourth-order valence-corrected chi connectivity index (χ4v) is 2.76. The van der Waals surface area contributed by atoms with Gasteiger partial charge in [0.25, 0.3) is 11.6 Å². The van der Waals surface area contributed by atoms with E-state index in [1.807, 2.05) is 4.90 Å². The van der Waals surface area contributed by atoms with Crippen LogP contribution in [-0.2, 0) is 0 Å². The van der Waals surface area contributed by atoms with Crippen LogP contribution in [0.5, 0.6) is 0 Å². The van der Waals surface area contributed by atoms with Crippen molar-refractivity contribution in [3.05, 3.63) is 58.0 Å². The van der Waals surface area contributed by atoms with E-state index >= 15 is 0 Å². The van der Waals surface area contributed by atoms with Gasteiger partial charge in [-0.2, -0.15) is 0 Å². The minimum absolute atomic E-state index is 0.0272. The average Bonchev–Trinajstić information content (AvgIpc) is 3.11. The lowest BCUT2D eigenvalue weighted by Crippen LogP contribution is -2.48. The van der Waals surface area contributed by atoms with Gasteiger partial charge in [0.15, 0.2) is 5.76 Å². The molecule has 9 nitrogen and oxygen atoms in total. The molecule has 1 aliphatic rings. The highest BCUT2D eigenvalue weighted by molar-refractivity contribution is 5.93. The van der Waals surface area contributed by atoms with Crippen LogP contribution in [0.2, 0.25) is 0 Å². The average molecular weight is 345 g/mol. The first-order chi connectivity index (χ1) is 12.0. The predicted octanol–water partition coefficient (Wildman–Crippen LogP) is 1.85. The molecular formula is C16H15N3O6. The molecule has 25 heavy (non-hydrogen) atoms. The summed E-state index contributed by atoms with van der Waals surface area (Å²) in [7, 11) is 0. The summed E-state index contributed by atoms with van der Waals surface area (Å²) in [6.45, 7) is 1.58. The number of amides is 1. The number of carboxylic acids is 1. The fourth-order valence-electron chi connectivity index (χ4n) is 2.76. The molecule has 0 atom stereocenters. The van der Waals surface area contributed by atoms with Gasteiger partial charge < -0.3 is 19.3 Å². The number of nitro benzene ring substituents is 1. The number of anilines is 1. The van der Waals surface area contributed by atoms with Gasteiger partial charge in [0, 0.05) is 32.2 Å². The van der Waals surface area contributed by atoms with Crippen molar-refractivity contribution in [2.75, 3.05) is 31.1 Å². The number of aromatic carboxylic acids is 1. The maximum absolute atomic E-state index is 12.4. The van der Waals surface area contributed by atoms with Crippen LogP contribution in [0.15, 0.2) is 40.8 Å². The number of rotatable bonds is 4. The monoisotopic (exact) mass is 345 g/mol. The molecule has 1 aromatic heterocycles. The van der Waals surface area contributed by atoms with Crippen LogP contribution in [0.4, 0.5) is 11.4 Å². The van der Waals surface area contributed by atoms with Gasteiger partial charge in [-0.3, -0.25) is 14.9 Å². The second kappa shape index (κ2) is 6.63. The van der Waals surface area contributed by atoms with E-state index in [-0.39, 0.29) is 17.2 Å². The van der Waals surface area contributed by atoms with Crippen LogP contribution in [0.1, 0.15) is 21.1 Å². The lowest BCUT2D eigenvalue weighted by atomic mass is 10.2. The minimum atomic E-state index is -1.24. The zero-order chi connectivity index (χ0) is 18.0. The topological polar surface area (TPSA) is 117 Å². The Morgan fingerprint density at radius 2 is 1.68 bits per heavy atom. The predicted molar refractivity (Wildman–Crippen MR) is 86.9 cm³/mol. The normalized spacial score (nSPS) is 14.4. The summed E-state index contributed by atoms with van der Waals surface area (Å²) in [6.07, 6.45) is 0. The molecule has 0 spiro atoms. The highest BCUT2D eigenvalue weighted by Crippen LogP contribution is 2.28. The van der Waals surface area contributed by atoms with Crippen LogP contribution in [0.25, 0.3) is 0 Å². The number of carbonyl (C=O) groups is 2. The van der Waals surface area contributed by atoms with Crippen LogP contribution < -0.4 is 4.90 Å². The SMILES string of the molecule is O=C(O)c1ccc(C(=O)N2CCN(c3ccccc3[N+](=O)[O-])CC2)o1. The molecule has 1 saturated heterocycles. The third-order valence-corrected chi connectivity index (χ3v) is 4.01. The summed E-state index contributed by atoms with van der Waals surface area (Å²) in [6, 6.07) is 9.04. The lowest BCUT2D eigenvalue weighted by Gasteiger charge is -2.35. The standard InChI is InChI=1S/C16H15N3O6/c20-15(13-5-6-14(25-13)16(21)22)18-9-7-17(8-10-18)11-3-1-2-4-12(11)19(23)24/h1-6H,7-10H2,(H,21,22). The van der Waals surface area contributed by atoms with Crippen molar-refractivity contribution in [3.8, 4) is 0 Å². The van der Waals surface area contributed by atoms with Gasteiger partial charge >= 0.3 is 5.97 Å². The van der Waals surface area contributed by atoms with Gasteiger partial charge in [0.05, 0.1) is 4.92 Å². The number of carboxylic acid groups (broad SMARTS) is 1. The molecule has 0 aliphatic carbocycles. The van der Waals surface area contributed by atoms with Crippen molar-refractivity contribution in [1.82, 2.24) is 4.90 Å². The molecule has 1 N–H and O–H groups in total. The first-order valence-electron chi connectivity index (χ1n) is 7.58. The maximum Gasteiger partial charge on any atom is 0.371 e. The van der Waals surface area contributed by atoms with Crippen molar-refractivity contribution >= 4 is 23.3 Å². The van der Waals surface area contributed by atoms with E-state index in [1.54, 1.807) is 18.2 Å². The summed E-state index contributed by atoms with van der Waals surface area (Å²) in [5.41, 5.74) is 0.546. The molecule has 0 unspecified atom stereocenters. The lowest BCUT2D eigenvalue weighted by molar-refractivity contribution is -0.384. The molecule has 1 aromatic carbocycles. The summed E-state index contributed by atoms with van der Waals surface area (Å²) in [5.74, 6) is -1.95. The molecule has 3 rings (SSSR count). The van der Waals surface area contributed by atoms with Gasteiger partial charge in [-0.1, -0.05) is 12.1 Å². The molecule has 1 amide bonds. The minimum Gasteiger partial charge on any atom is -0.475 e. The Bertz CT molecular complexity index is 823. The van der Waals surface area contributed by atoms with E-state index in [0.29, 0.717) is 31.9 Å². The van der Waals surface area contributed by atoms with E-state index in [0.717, 1.165) is 0 Å². The van der Waals surface area contributed by atoms with Gasteiger partial charge in [-0.25, -0.2) is 4.79 Å². The van der Waals surface area contributed by atoms with Crippen molar-refractivity contribution in [2.24, 2.45) is 0 Å². The number of nitro groups is 1. The van der Waals surface area contributed by atoms with Gasteiger partial charge in [0.2, 0.25) is 5.76 Å². The first kappa shape index (κ1) is 16.5. The number of para-hydroxylation sites is 2. The van der Waals surface area contributed by atoms with Gasteiger partial charge in [-0.05, 0) is 18.2 Å². The van der Waals surface area contributed by atoms with Crippen molar-refractivity contribution in [1.29, 1.82) is 0 Å². The largest absolute Gasteiger partial charge is 0.475 e. The third-order valence-electron chi connectivity index (χ3n) is 4.01. The summed E-state index contributed by atoms with van der Waals surface area (Å²) in [5, 5.41) is 20.0. The van der Waals surface area contributed by atoms with Crippen LogP contribution in [-0.4, -0.2) is 53.0 Å². The number of furan rings is 1. The van der Waals surface area contributed by atoms with Crippen LogP contribution in [0, 0.1) is 10.1 Å². The Morgan fingerprint density at radius 1 is 1.04 bits per heavy atom. The zero-order valence-corrected chi connectivity index (χ0v) is 13.1. The quantitative estimate of drug-likeness (QED) is 0.663. The number of hydrogen-bond donors (Lipinski definition) is 1. The molecule has 2 heterocycles. The second-order valence-corrected chi connectivity index (χ2v) is 5.49. The Hall–Kier alpha value is -3.36. The Labute approximate surface area is 142 Å². The van der Waals surface area contributed by atoms with Crippen LogP contribution >= 0.6 is 0 Å². The molecule has 0 saturated carbocycles. The van der Waals surface area contributed by atoms with E-state index in [1.165, 1.54) is 23.1 Å². The number of carbonyl (C=O) groups excluding carboxylic acids is 1. The zero-order valence-electron chi connectivity index (χ0n) is 13.1. The fraction of sp³-hybridized carbons (Fsp3) is 0.250. The molecule has 1 fully saturated rings. The highest BCUT2D eigenvalue weighted by atomic mass is 16.6. The molecule has 9 heteroatoms. The summed E-state index contributed by atoms with van der Waals surface area (Å²) >= 11 is 0.